The minimum atomic E-state index is -3.81. The summed E-state index contributed by atoms with van der Waals surface area (Å²) in [4.78, 5) is 0. The number of phenols is 1. The monoisotopic (exact) mass is 318 g/mol. The number of sulfonamides is 1. The topological polar surface area (TPSA) is 90.2 Å². The maximum atomic E-state index is 11.8. The summed E-state index contributed by atoms with van der Waals surface area (Å²) in [5, 5.41) is 17.2. The molecule has 0 aliphatic carbocycles. The number of anilines is 1. The SMILES string of the molecule is CCC(C#N)S(=O)(=O)Nc1cccc(Br)c1O. The van der Waals surface area contributed by atoms with Gasteiger partial charge in [-0.15, -0.1) is 0 Å². The van der Waals surface area contributed by atoms with E-state index in [0.29, 0.717) is 4.47 Å². The van der Waals surface area contributed by atoms with Gasteiger partial charge in [0.1, 0.15) is 0 Å². The molecule has 1 rings (SSSR count). The van der Waals surface area contributed by atoms with Crippen molar-refractivity contribution in [3.63, 3.8) is 0 Å². The van der Waals surface area contributed by atoms with Crippen LogP contribution in [0.5, 0.6) is 5.75 Å². The highest BCUT2D eigenvalue weighted by Gasteiger charge is 2.24. The average molecular weight is 319 g/mol. The molecule has 0 saturated carbocycles. The smallest absolute Gasteiger partial charge is 0.249 e. The third kappa shape index (κ3) is 3.11. The number of rotatable bonds is 4. The highest BCUT2D eigenvalue weighted by atomic mass is 79.9. The molecule has 0 bridgehead atoms. The summed E-state index contributed by atoms with van der Waals surface area (Å²) in [6.07, 6.45) is 0.181. The third-order valence-corrected chi connectivity index (χ3v) is 4.46. The van der Waals surface area contributed by atoms with Crippen LogP contribution >= 0.6 is 15.9 Å². The number of hydrogen-bond acceptors (Lipinski definition) is 4. The molecule has 0 fully saturated rings. The predicted octanol–water partition coefficient (Wildman–Crippen LogP) is 2.20. The van der Waals surface area contributed by atoms with Crippen LogP contribution in [0.15, 0.2) is 22.7 Å². The van der Waals surface area contributed by atoms with E-state index in [1.807, 2.05) is 0 Å². The highest BCUT2D eigenvalue weighted by molar-refractivity contribution is 9.10. The lowest BCUT2D eigenvalue weighted by Gasteiger charge is -2.12. The van der Waals surface area contributed by atoms with E-state index < -0.39 is 15.3 Å². The van der Waals surface area contributed by atoms with Crippen molar-refractivity contribution in [3.8, 4) is 11.8 Å². The van der Waals surface area contributed by atoms with Crippen molar-refractivity contribution in [1.29, 1.82) is 5.26 Å². The molecule has 92 valence electrons. The zero-order chi connectivity index (χ0) is 13.1. The van der Waals surface area contributed by atoms with E-state index in [1.54, 1.807) is 25.1 Å². The Morgan fingerprint density at radius 1 is 1.59 bits per heavy atom. The molecule has 0 radical (unpaired) electrons. The second-order valence-electron chi connectivity index (χ2n) is 3.31. The molecule has 1 unspecified atom stereocenters. The Kier molecular flexibility index (Phi) is 4.37. The van der Waals surface area contributed by atoms with E-state index in [4.69, 9.17) is 5.26 Å². The number of para-hydroxylation sites is 1. The Bertz CT molecular complexity index is 551. The third-order valence-electron chi connectivity index (χ3n) is 2.13. The van der Waals surface area contributed by atoms with Crippen LogP contribution in [-0.2, 0) is 10.0 Å². The molecule has 1 aromatic carbocycles. The second-order valence-corrected chi connectivity index (χ2v) is 6.03. The largest absolute Gasteiger partial charge is 0.505 e. The van der Waals surface area contributed by atoms with E-state index in [2.05, 4.69) is 20.7 Å². The molecule has 1 aromatic rings. The van der Waals surface area contributed by atoms with E-state index in [9.17, 15) is 13.5 Å². The van der Waals surface area contributed by atoms with Gasteiger partial charge in [-0.2, -0.15) is 5.26 Å². The van der Waals surface area contributed by atoms with Crippen LogP contribution in [0, 0.1) is 11.3 Å². The summed E-state index contributed by atoms with van der Waals surface area (Å²) in [7, 11) is -3.81. The van der Waals surface area contributed by atoms with Crippen LogP contribution in [0.25, 0.3) is 0 Å². The van der Waals surface area contributed by atoms with Crippen molar-refractivity contribution < 1.29 is 13.5 Å². The Morgan fingerprint density at radius 3 is 2.76 bits per heavy atom. The number of hydrogen-bond donors (Lipinski definition) is 2. The molecular formula is C10H11BrN2O3S. The molecule has 17 heavy (non-hydrogen) atoms. The van der Waals surface area contributed by atoms with E-state index in [1.165, 1.54) is 6.07 Å². The summed E-state index contributed by atoms with van der Waals surface area (Å²) in [5.41, 5.74) is 0.0491. The van der Waals surface area contributed by atoms with Gasteiger partial charge in [0.05, 0.1) is 16.2 Å². The minimum Gasteiger partial charge on any atom is -0.505 e. The van der Waals surface area contributed by atoms with Gasteiger partial charge < -0.3 is 5.11 Å². The van der Waals surface area contributed by atoms with E-state index in [-0.39, 0.29) is 17.9 Å². The predicted molar refractivity (Wildman–Crippen MR) is 68.0 cm³/mol. The van der Waals surface area contributed by atoms with Gasteiger partial charge in [-0.3, -0.25) is 4.72 Å². The Hall–Kier alpha value is -1.26. The second kappa shape index (κ2) is 5.38. The molecule has 0 aliphatic heterocycles. The molecule has 0 aliphatic rings. The van der Waals surface area contributed by atoms with Crippen molar-refractivity contribution in [3.05, 3.63) is 22.7 Å². The van der Waals surface area contributed by atoms with Gasteiger partial charge in [-0.05, 0) is 34.5 Å². The highest BCUT2D eigenvalue weighted by Crippen LogP contribution is 2.32. The van der Waals surface area contributed by atoms with Crippen LogP contribution in [-0.4, -0.2) is 18.8 Å². The molecule has 7 heteroatoms. The molecule has 0 aromatic heterocycles. The summed E-state index contributed by atoms with van der Waals surface area (Å²) in [5.74, 6) is -0.205. The molecule has 0 heterocycles. The number of nitrogens with one attached hydrogen (secondary N) is 1. The molecule has 0 spiro atoms. The summed E-state index contributed by atoms with van der Waals surface area (Å²) >= 11 is 3.07. The summed E-state index contributed by atoms with van der Waals surface area (Å²) in [6.45, 7) is 1.61. The van der Waals surface area contributed by atoms with E-state index >= 15 is 0 Å². The Labute approximate surface area is 108 Å². The lowest BCUT2D eigenvalue weighted by Crippen LogP contribution is -2.25. The lowest BCUT2D eigenvalue weighted by atomic mass is 10.3. The number of phenolic OH excluding ortho intramolecular Hbond substituents is 1. The van der Waals surface area contributed by atoms with Crippen molar-refractivity contribution in [2.75, 3.05) is 4.72 Å². The van der Waals surface area contributed by atoms with Gasteiger partial charge in [-0.1, -0.05) is 13.0 Å². The molecule has 0 amide bonds. The van der Waals surface area contributed by atoms with Gasteiger partial charge in [0.15, 0.2) is 11.0 Å². The van der Waals surface area contributed by atoms with Crippen molar-refractivity contribution >= 4 is 31.6 Å². The Balaban J connectivity index is 3.07. The van der Waals surface area contributed by atoms with Crippen molar-refractivity contribution in [2.45, 2.75) is 18.6 Å². The number of benzene rings is 1. The first-order chi connectivity index (χ1) is 7.92. The average Bonchev–Trinajstić information content (AvgIpc) is 2.26. The first-order valence-electron chi connectivity index (χ1n) is 4.81. The van der Waals surface area contributed by atoms with Crippen LogP contribution < -0.4 is 4.72 Å². The first kappa shape index (κ1) is 13.8. The fraction of sp³-hybridized carbons (Fsp3) is 0.300. The van der Waals surface area contributed by atoms with Crippen LogP contribution in [0.3, 0.4) is 0 Å². The van der Waals surface area contributed by atoms with Gasteiger partial charge in [0.25, 0.3) is 0 Å². The summed E-state index contributed by atoms with van der Waals surface area (Å²) < 4.78 is 26.1. The van der Waals surface area contributed by atoms with Gasteiger partial charge in [0, 0.05) is 0 Å². The first-order valence-corrected chi connectivity index (χ1v) is 7.15. The minimum absolute atomic E-state index is 0.0491. The van der Waals surface area contributed by atoms with Gasteiger partial charge >= 0.3 is 0 Å². The van der Waals surface area contributed by atoms with Crippen LogP contribution in [0.2, 0.25) is 0 Å². The van der Waals surface area contributed by atoms with Gasteiger partial charge in [0.2, 0.25) is 10.0 Å². The zero-order valence-electron chi connectivity index (χ0n) is 9.01. The number of nitriles is 1. The molecular weight excluding hydrogens is 308 g/mol. The van der Waals surface area contributed by atoms with Gasteiger partial charge in [-0.25, -0.2) is 8.42 Å². The lowest BCUT2D eigenvalue weighted by molar-refractivity contribution is 0.474. The standard InChI is InChI=1S/C10H11BrN2O3S/c1-2-7(6-12)17(15,16)13-9-5-3-4-8(11)10(9)14/h3-5,7,13-14H,2H2,1H3. The number of aromatic hydroxyl groups is 1. The fourth-order valence-corrected chi connectivity index (χ4v) is 2.76. The molecule has 1 atom stereocenters. The maximum Gasteiger partial charge on any atom is 0.249 e. The normalized spacial score (nSPS) is 12.8. The van der Waals surface area contributed by atoms with Crippen molar-refractivity contribution in [2.24, 2.45) is 0 Å². The van der Waals surface area contributed by atoms with E-state index in [0.717, 1.165) is 0 Å². The number of halogens is 1. The number of nitrogens with zero attached hydrogens (tertiary/aromatic N) is 1. The van der Waals surface area contributed by atoms with Crippen LogP contribution in [0.4, 0.5) is 5.69 Å². The summed E-state index contributed by atoms with van der Waals surface area (Å²) in [6, 6.07) is 6.28. The maximum absolute atomic E-state index is 11.8. The zero-order valence-corrected chi connectivity index (χ0v) is 11.4. The molecule has 2 N–H and O–H groups in total. The quantitative estimate of drug-likeness (QED) is 0.833. The molecule has 0 saturated heterocycles. The fourth-order valence-electron chi connectivity index (χ4n) is 1.20. The Morgan fingerprint density at radius 2 is 2.24 bits per heavy atom. The van der Waals surface area contributed by atoms with Crippen LogP contribution in [0.1, 0.15) is 13.3 Å². The van der Waals surface area contributed by atoms with Crippen molar-refractivity contribution in [1.82, 2.24) is 0 Å². The molecule has 5 nitrogen and oxygen atoms in total.